The number of carbonyl (C=O) groups is 2. The number of esters is 2. The third-order valence-corrected chi connectivity index (χ3v) is 3.08. The normalized spacial score (nSPS) is 13.7. The molecule has 112 valence electrons. The molecular formula is C15H28O4. The molecule has 0 aliphatic heterocycles. The van der Waals surface area contributed by atoms with Crippen molar-refractivity contribution >= 4 is 11.9 Å². The Kier molecular flexibility index (Phi) is 10.2. The van der Waals surface area contributed by atoms with Gasteiger partial charge >= 0.3 is 11.9 Å². The predicted molar refractivity (Wildman–Crippen MR) is 74.7 cm³/mol. The van der Waals surface area contributed by atoms with Gasteiger partial charge in [0.15, 0.2) is 0 Å². The molecule has 19 heavy (non-hydrogen) atoms. The average molecular weight is 272 g/mol. The molecule has 4 nitrogen and oxygen atoms in total. The summed E-state index contributed by atoms with van der Waals surface area (Å²) in [6.45, 7) is 8.50. The number of carbonyl (C=O) groups excluding carboxylic acids is 2. The van der Waals surface area contributed by atoms with Gasteiger partial charge in [-0.1, -0.05) is 33.1 Å². The molecule has 0 saturated carbocycles. The molecule has 2 unspecified atom stereocenters. The van der Waals surface area contributed by atoms with Crippen LogP contribution >= 0.6 is 0 Å². The molecule has 0 bridgehead atoms. The molecular weight excluding hydrogens is 244 g/mol. The molecule has 0 fully saturated rings. The van der Waals surface area contributed by atoms with Crippen LogP contribution in [0.4, 0.5) is 0 Å². The molecule has 0 aromatic heterocycles. The van der Waals surface area contributed by atoms with Crippen LogP contribution < -0.4 is 0 Å². The van der Waals surface area contributed by atoms with Crippen LogP contribution in [0.3, 0.4) is 0 Å². The van der Waals surface area contributed by atoms with Crippen molar-refractivity contribution in [1.82, 2.24) is 0 Å². The van der Waals surface area contributed by atoms with Gasteiger partial charge < -0.3 is 9.47 Å². The van der Waals surface area contributed by atoms with Gasteiger partial charge in [0.1, 0.15) is 0 Å². The Labute approximate surface area is 116 Å². The standard InChI is InChI=1S/C15H28O4/c1-5-8-9-12(4)10-13(15(17)19-7-3)11-14(16)18-6-2/h12-13H,5-11H2,1-4H3. The molecule has 0 amide bonds. The Balaban J connectivity index is 4.40. The maximum Gasteiger partial charge on any atom is 0.309 e. The van der Waals surface area contributed by atoms with E-state index in [4.69, 9.17) is 9.47 Å². The molecule has 4 heteroatoms. The summed E-state index contributed by atoms with van der Waals surface area (Å²) in [6.07, 6.45) is 4.19. The predicted octanol–water partition coefficient (Wildman–Crippen LogP) is 3.34. The molecule has 0 aromatic carbocycles. The summed E-state index contributed by atoms with van der Waals surface area (Å²) in [5, 5.41) is 0. The van der Waals surface area contributed by atoms with Crippen LogP contribution in [0.1, 0.15) is 59.8 Å². The van der Waals surface area contributed by atoms with E-state index in [1.807, 2.05) is 0 Å². The summed E-state index contributed by atoms with van der Waals surface area (Å²) in [7, 11) is 0. The summed E-state index contributed by atoms with van der Waals surface area (Å²) >= 11 is 0. The van der Waals surface area contributed by atoms with Gasteiger partial charge in [0.05, 0.1) is 25.6 Å². The van der Waals surface area contributed by atoms with Gasteiger partial charge in [0.25, 0.3) is 0 Å². The van der Waals surface area contributed by atoms with Crippen molar-refractivity contribution < 1.29 is 19.1 Å². The fraction of sp³-hybridized carbons (Fsp3) is 0.867. The van der Waals surface area contributed by atoms with Gasteiger partial charge in [0, 0.05) is 0 Å². The van der Waals surface area contributed by atoms with E-state index >= 15 is 0 Å². The van der Waals surface area contributed by atoms with Gasteiger partial charge in [0.2, 0.25) is 0 Å². The van der Waals surface area contributed by atoms with Gasteiger partial charge in [-0.2, -0.15) is 0 Å². The van der Waals surface area contributed by atoms with E-state index in [0.29, 0.717) is 25.6 Å². The molecule has 0 radical (unpaired) electrons. The molecule has 0 N–H and O–H groups in total. The maximum atomic E-state index is 11.9. The largest absolute Gasteiger partial charge is 0.466 e. The Bertz CT molecular complexity index is 263. The molecule has 2 atom stereocenters. The second kappa shape index (κ2) is 10.8. The van der Waals surface area contributed by atoms with Gasteiger partial charge in [-0.05, 0) is 26.2 Å². The van der Waals surface area contributed by atoms with Gasteiger partial charge in [-0.3, -0.25) is 9.59 Å². The van der Waals surface area contributed by atoms with Crippen LogP contribution in [0.2, 0.25) is 0 Å². The molecule has 0 aliphatic carbocycles. The lowest BCUT2D eigenvalue weighted by atomic mass is 9.90. The highest BCUT2D eigenvalue weighted by Crippen LogP contribution is 2.22. The maximum absolute atomic E-state index is 11.9. The number of hydrogen-bond donors (Lipinski definition) is 0. The van der Waals surface area contributed by atoms with Crippen LogP contribution in [0, 0.1) is 11.8 Å². The van der Waals surface area contributed by atoms with Crippen LogP contribution in [0.5, 0.6) is 0 Å². The second-order valence-corrected chi connectivity index (χ2v) is 4.94. The van der Waals surface area contributed by atoms with Gasteiger partial charge in [-0.25, -0.2) is 0 Å². The quantitative estimate of drug-likeness (QED) is 0.572. The Morgan fingerprint density at radius 2 is 1.68 bits per heavy atom. The van der Waals surface area contributed by atoms with Crippen molar-refractivity contribution in [2.45, 2.75) is 59.8 Å². The summed E-state index contributed by atoms with van der Waals surface area (Å²) in [6, 6.07) is 0. The smallest absolute Gasteiger partial charge is 0.309 e. The zero-order chi connectivity index (χ0) is 14.7. The Hall–Kier alpha value is -1.06. The lowest BCUT2D eigenvalue weighted by molar-refractivity contribution is -0.155. The van der Waals surface area contributed by atoms with E-state index in [-0.39, 0.29) is 24.3 Å². The Morgan fingerprint density at radius 3 is 2.21 bits per heavy atom. The van der Waals surface area contributed by atoms with E-state index in [1.165, 1.54) is 0 Å². The second-order valence-electron chi connectivity index (χ2n) is 4.94. The van der Waals surface area contributed by atoms with Crippen molar-refractivity contribution in [2.24, 2.45) is 11.8 Å². The highest BCUT2D eigenvalue weighted by Gasteiger charge is 2.25. The monoisotopic (exact) mass is 272 g/mol. The average Bonchev–Trinajstić information content (AvgIpc) is 2.36. The first-order valence-corrected chi connectivity index (χ1v) is 7.37. The lowest BCUT2D eigenvalue weighted by Crippen LogP contribution is -2.24. The summed E-state index contributed by atoms with van der Waals surface area (Å²) in [5.41, 5.74) is 0. The molecule has 0 heterocycles. The van der Waals surface area contributed by atoms with E-state index in [1.54, 1.807) is 13.8 Å². The summed E-state index contributed by atoms with van der Waals surface area (Å²) in [5.74, 6) is -0.545. The minimum atomic E-state index is -0.370. The number of ether oxygens (including phenoxy) is 2. The number of rotatable bonds is 10. The zero-order valence-electron chi connectivity index (χ0n) is 12.7. The molecule has 0 rings (SSSR count). The highest BCUT2D eigenvalue weighted by molar-refractivity contribution is 5.79. The van der Waals surface area contributed by atoms with E-state index < -0.39 is 0 Å². The topological polar surface area (TPSA) is 52.6 Å². The molecule has 0 spiro atoms. The number of hydrogen-bond acceptors (Lipinski definition) is 4. The van der Waals surface area contributed by atoms with Crippen molar-refractivity contribution in [3.8, 4) is 0 Å². The third kappa shape index (κ3) is 8.62. The SMILES string of the molecule is CCCCC(C)CC(CC(=O)OCC)C(=O)OCC. The van der Waals surface area contributed by atoms with Gasteiger partial charge in [-0.15, -0.1) is 0 Å². The van der Waals surface area contributed by atoms with Crippen LogP contribution in [0.15, 0.2) is 0 Å². The van der Waals surface area contributed by atoms with Crippen LogP contribution in [0.25, 0.3) is 0 Å². The van der Waals surface area contributed by atoms with Crippen molar-refractivity contribution in [2.75, 3.05) is 13.2 Å². The van der Waals surface area contributed by atoms with E-state index in [2.05, 4.69) is 13.8 Å². The molecule has 0 aromatic rings. The first kappa shape index (κ1) is 17.9. The first-order chi connectivity index (χ1) is 9.04. The fourth-order valence-corrected chi connectivity index (χ4v) is 2.10. The van der Waals surface area contributed by atoms with E-state index in [0.717, 1.165) is 19.3 Å². The molecule has 0 saturated heterocycles. The molecule has 0 aliphatic rings. The summed E-state index contributed by atoms with van der Waals surface area (Å²) in [4.78, 5) is 23.4. The highest BCUT2D eigenvalue weighted by atomic mass is 16.5. The van der Waals surface area contributed by atoms with Crippen molar-refractivity contribution in [1.29, 1.82) is 0 Å². The van der Waals surface area contributed by atoms with Crippen molar-refractivity contribution in [3.63, 3.8) is 0 Å². The summed E-state index contributed by atoms with van der Waals surface area (Å²) < 4.78 is 9.96. The van der Waals surface area contributed by atoms with Crippen LogP contribution in [-0.4, -0.2) is 25.2 Å². The first-order valence-electron chi connectivity index (χ1n) is 7.37. The van der Waals surface area contributed by atoms with Crippen molar-refractivity contribution in [3.05, 3.63) is 0 Å². The minimum absolute atomic E-state index is 0.128. The third-order valence-electron chi connectivity index (χ3n) is 3.08. The zero-order valence-corrected chi connectivity index (χ0v) is 12.7. The Morgan fingerprint density at radius 1 is 1.05 bits per heavy atom. The minimum Gasteiger partial charge on any atom is -0.466 e. The number of unbranched alkanes of at least 4 members (excludes halogenated alkanes) is 1. The fourth-order valence-electron chi connectivity index (χ4n) is 2.10. The lowest BCUT2D eigenvalue weighted by Gasteiger charge is -2.19. The van der Waals surface area contributed by atoms with Crippen LogP contribution in [-0.2, 0) is 19.1 Å². The van der Waals surface area contributed by atoms with E-state index in [9.17, 15) is 9.59 Å².